The van der Waals surface area contributed by atoms with Crippen molar-refractivity contribution in [2.75, 3.05) is 12.4 Å². The topological polar surface area (TPSA) is 94.6 Å². The molecule has 7 nitrogen and oxygen atoms in total. The maximum Gasteiger partial charge on any atom is 0.291 e. The zero-order valence-electron chi connectivity index (χ0n) is 14.5. The first-order valence-corrected chi connectivity index (χ1v) is 8.27. The smallest absolute Gasteiger partial charge is 0.291 e. The lowest BCUT2D eigenvalue weighted by atomic mass is 10.1. The molecule has 1 N–H and O–H groups in total. The summed E-state index contributed by atoms with van der Waals surface area (Å²) in [5, 5.41) is 14.5. The maximum absolute atomic E-state index is 12.4. The van der Waals surface area contributed by atoms with Gasteiger partial charge in [-0.1, -0.05) is 17.7 Å². The van der Waals surface area contributed by atoms with Gasteiger partial charge in [-0.25, -0.2) is 0 Å². The quantitative estimate of drug-likeness (QED) is 0.487. The van der Waals surface area contributed by atoms with Crippen LogP contribution in [0.15, 0.2) is 52.9 Å². The van der Waals surface area contributed by atoms with Gasteiger partial charge >= 0.3 is 0 Å². The molecule has 0 saturated carbocycles. The summed E-state index contributed by atoms with van der Waals surface area (Å²) >= 11 is 5.95. The standard InChI is InChI=1S/C19H15ClN2O5/c1-11-3-4-12(20)9-15(11)21-19(23)18-8-7-17(27-18)14-6-5-13(26-2)10-16(14)22(24)25/h3-10H,1-2H3,(H,21,23). The molecule has 0 aliphatic rings. The molecular weight excluding hydrogens is 372 g/mol. The summed E-state index contributed by atoms with van der Waals surface area (Å²) in [6.45, 7) is 1.83. The van der Waals surface area contributed by atoms with E-state index < -0.39 is 10.8 Å². The predicted molar refractivity (Wildman–Crippen MR) is 101 cm³/mol. The fraction of sp³-hybridized carbons (Fsp3) is 0.105. The van der Waals surface area contributed by atoms with Crippen LogP contribution in [0.4, 0.5) is 11.4 Å². The van der Waals surface area contributed by atoms with Gasteiger partial charge in [0.25, 0.3) is 11.6 Å². The molecule has 138 valence electrons. The Bertz CT molecular complexity index is 1030. The first-order valence-electron chi connectivity index (χ1n) is 7.89. The van der Waals surface area contributed by atoms with Gasteiger partial charge in [0, 0.05) is 10.7 Å². The van der Waals surface area contributed by atoms with E-state index >= 15 is 0 Å². The summed E-state index contributed by atoms with van der Waals surface area (Å²) < 4.78 is 10.6. The van der Waals surface area contributed by atoms with Crippen molar-refractivity contribution in [1.82, 2.24) is 0 Å². The highest BCUT2D eigenvalue weighted by atomic mass is 35.5. The number of carbonyl (C=O) groups is 1. The minimum absolute atomic E-state index is 0.0227. The predicted octanol–water partition coefficient (Wildman–Crippen LogP) is 5.08. The molecule has 0 bridgehead atoms. The van der Waals surface area contributed by atoms with Crippen LogP contribution in [0.3, 0.4) is 0 Å². The van der Waals surface area contributed by atoms with E-state index in [0.717, 1.165) is 5.56 Å². The fourth-order valence-corrected chi connectivity index (χ4v) is 2.69. The lowest BCUT2D eigenvalue weighted by molar-refractivity contribution is -0.384. The number of amides is 1. The highest BCUT2D eigenvalue weighted by Crippen LogP contribution is 2.34. The number of aryl methyl sites for hydroxylation is 1. The minimum atomic E-state index is -0.532. The molecule has 3 aromatic rings. The van der Waals surface area contributed by atoms with Gasteiger partial charge in [0.05, 0.1) is 23.7 Å². The van der Waals surface area contributed by atoms with E-state index in [2.05, 4.69) is 5.32 Å². The van der Waals surface area contributed by atoms with Gasteiger partial charge in [-0.3, -0.25) is 14.9 Å². The van der Waals surface area contributed by atoms with E-state index in [9.17, 15) is 14.9 Å². The number of carbonyl (C=O) groups excluding carboxylic acids is 1. The molecule has 1 aromatic heterocycles. The summed E-state index contributed by atoms with van der Waals surface area (Å²) in [4.78, 5) is 23.2. The number of furan rings is 1. The van der Waals surface area contributed by atoms with Gasteiger partial charge in [-0.05, 0) is 48.9 Å². The van der Waals surface area contributed by atoms with Crippen molar-refractivity contribution < 1.29 is 18.9 Å². The number of nitrogens with zero attached hydrogens (tertiary/aromatic N) is 1. The van der Waals surface area contributed by atoms with Crippen LogP contribution in [0.5, 0.6) is 5.75 Å². The molecular formula is C19H15ClN2O5. The van der Waals surface area contributed by atoms with Gasteiger partial charge in [-0.15, -0.1) is 0 Å². The van der Waals surface area contributed by atoms with Crippen molar-refractivity contribution in [3.63, 3.8) is 0 Å². The van der Waals surface area contributed by atoms with E-state index in [1.807, 2.05) is 6.92 Å². The van der Waals surface area contributed by atoms with Gasteiger partial charge in [-0.2, -0.15) is 0 Å². The second kappa shape index (κ2) is 7.51. The van der Waals surface area contributed by atoms with E-state index in [1.54, 1.807) is 24.3 Å². The number of hydrogen-bond acceptors (Lipinski definition) is 5. The molecule has 0 aliphatic carbocycles. The molecule has 0 fully saturated rings. The molecule has 3 rings (SSSR count). The number of nitro benzene ring substituents is 1. The number of nitrogens with one attached hydrogen (secondary N) is 1. The largest absolute Gasteiger partial charge is 0.497 e. The Hall–Kier alpha value is -3.32. The van der Waals surface area contributed by atoms with Gasteiger partial charge in [0.1, 0.15) is 11.5 Å². The van der Waals surface area contributed by atoms with Crippen molar-refractivity contribution in [3.05, 3.63) is 75.0 Å². The summed E-state index contributed by atoms with van der Waals surface area (Å²) in [5.41, 5.74) is 1.46. The maximum atomic E-state index is 12.4. The SMILES string of the molecule is COc1ccc(-c2ccc(C(=O)Nc3cc(Cl)ccc3C)o2)c([N+](=O)[O-])c1. The molecule has 0 spiro atoms. The molecule has 1 amide bonds. The second-order valence-electron chi connectivity index (χ2n) is 5.72. The van der Waals surface area contributed by atoms with Crippen LogP contribution in [0.1, 0.15) is 16.1 Å². The highest BCUT2D eigenvalue weighted by molar-refractivity contribution is 6.31. The Labute approximate surface area is 159 Å². The Kier molecular flexibility index (Phi) is 5.14. The van der Waals surface area contributed by atoms with Gasteiger partial charge in [0.15, 0.2) is 5.76 Å². The van der Waals surface area contributed by atoms with E-state index in [0.29, 0.717) is 16.5 Å². The zero-order valence-corrected chi connectivity index (χ0v) is 15.2. The minimum Gasteiger partial charge on any atom is -0.497 e. The molecule has 1 heterocycles. The van der Waals surface area contributed by atoms with E-state index in [-0.39, 0.29) is 22.8 Å². The first kappa shape index (κ1) is 18.5. The number of hydrogen-bond donors (Lipinski definition) is 1. The van der Waals surface area contributed by atoms with Crippen LogP contribution in [0, 0.1) is 17.0 Å². The zero-order chi connectivity index (χ0) is 19.6. The van der Waals surface area contributed by atoms with Crippen LogP contribution >= 0.6 is 11.6 Å². The molecule has 2 aromatic carbocycles. The van der Waals surface area contributed by atoms with Crippen molar-refractivity contribution >= 4 is 28.9 Å². The van der Waals surface area contributed by atoms with E-state index in [4.69, 9.17) is 20.8 Å². The number of benzene rings is 2. The second-order valence-corrected chi connectivity index (χ2v) is 6.15. The van der Waals surface area contributed by atoms with Crippen LogP contribution in [0.2, 0.25) is 5.02 Å². The monoisotopic (exact) mass is 386 g/mol. The Balaban J connectivity index is 1.90. The van der Waals surface area contributed by atoms with Crippen molar-refractivity contribution in [3.8, 4) is 17.1 Å². The summed E-state index contributed by atoms with van der Waals surface area (Å²) in [6.07, 6.45) is 0. The number of rotatable bonds is 5. The molecule has 27 heavy (non-hydrogen) atoms. The number of halogens is 1. The number of methoxy groups -OCH3 is 1. The summed E-state index contributed by atoms with van der Waals surface area (Å²) in [6, 6.07) is 12.5. The number of nitro groups is 1. The average Bonchev–Trinajstić information content (AvgIpc) is 3.14. The Morgan fingerprint density at radius 2 is 1.96 bits per heavy atom. The lowest BCUT2D eigenvalue weighted by Gasteiger charge is -2.07. The Morgan fingerprint density at radius 3 is 2.67 bits per heavy atom. The molecule has 0 unspecified atom stereocenters. The third kappa shape index (κ3) is 3.93. The summed E-state index contributed by atoms with van der Waals surface area (Å²) in [5.74, 6) is 0.0981. The molecule has 0 radical (unpaired) electrons. The highest BCUT2D eigenvalue weighted by Gasteiger charge is 2.21. The first-order chi connectivity index (χ1) is 12.9. The van der Waals surface area contributed by atoms with Crippen LogP contribution in [0.25, 0.3) is 11.3 Å². The summed E-state index contributed by atoms with van der Waals surface area (Å²) in [7, 11) is 1.42. The van der Waals surface area contributed by atoms with Crippen molar-refractivity contribution in [2.24, 2.45) is 0 Å². The lowest BCUT2D eigenvalue weighted by Crippen LogP contribution is -2.11. The van der Waals surface area contributed by atoms with Crippen LogP contribution < -0.4 is 10.1 Å². The van der Waals surface area contributed by atoms with Crippen LogP contribution in [-0.4, -0.2) is 17.9 Å². The van der Waals surface area contributed by atoms with Crippen molar-refractivity contribution in [2.45, 2.75) is 6.92 Å². The molecule has 0 aliphatic heterocycles. The Morgan fingerprint density at radius 1 is 1.19 bits per heavy atom. The molecule has 0 saturated heterocycles. The van der Waals surface area contributed by atoms with Crippen molar-refractivity contribution in [1.29, 1.82) is 0 Å². The normalized spacial score (nSPS) is 10.5. The number of anilines is 1. The average molecular weight is 387 g/mol. The van der Waals surface area contributed by atoms with Crippen LogP contribution in [-0.2, 0) is 0 Å². The fourth-order valence-electron chi connectivity index (χ4n) is 2.52. The third-order valence-corrected chi connectivity index (χ3v) is 4.18. The van der Waals surface area contributed by atoms with Gasteiger partial charge < -0.3 is 14.5 Å². The third-order valence-electron chi connectivity index (χ3n) is 3.94. The number of ether oxygens (including phenoxy) is 1. The van der Waals surface area contributed by atoms with Gasteiger partial charge in [0.2, 0.25) is 0 Å². The van der Waals surface area contributed by atoms with E-state index in [1.165, 1.54) is 31.4 Å². The molecule has 0 atom stereocenters. The molecule has 8 heteroatoms.